The van der Waals surface area contributed by atoms with Crippen molar-refractivity contribution < 1.29 is 13.2 Å². The van der Waals surface area contributed by atoms with Gasteiger partial charge in [-0.1, -0.05) is 30.3 Å². The Kier molecular flexibility index (Phi) is 4.86. The minimum Gasteiger partial charge on any atom is -0.273 e. The van der Waals surface area contributed by atoms with E-state index in [1.54, 1.807) is 45.9 Å². The lowest BCUT2D eigenvalue weighted by atomic mass is 10.0. The highest BCUT2D eigenvalue weighted by atomic mass is 19.4. The van der Waals surface area contributed by atoms with E-state index in [1.807, 2.05) is 0 Å². The Balaban J connectivity index is 2.64. The van der Waals surface area contributed by atoms with E-state index in [0.29, 0.717) is 0 Å². The fraction of sp³-hybridized carbons (Fsp3) is 0.368. The van der Waals surface area contributed by atoms with Crippen LogP contribution < -0.4 is 11.2 Å². The molecule has 2 aromatic heterocycles. The largest absolute Gasteiger partial charge is 0.419 e. The molecule has 0 bridgehead atoms. The van der Waals surface area contributed by atoms with Gasteiger partial charge in [-0.15, -0.1) is 10.2 Å². The summed E-state index contributed by atoms with van der Waals surface area (Å²) in [5.74, 6) is 0. The van der Waals surface area contributed by atoms with Crippen LogP contribution in [0.1, 0.15) is 45.3 Å². The van der Waals surface area contributed by atoms with E-state index >= 15 is 0 Å². The predicted octanol–water partition coefficient (Wildman–Crippen LogP) is 3.80. The molecule has 0 saturated heterocycles. The van der Waals surface area contributed by atoms with Gasteiger partial charge in [-0.3, -0.25) is 13.9 Å². The number of alkyl halides is 3. The van der Waals surface area contributed by atoms with Gasteiger partial charge in [-0.2, -0.15) is 13.2 Å². The molecule has 0 aliphatic rings. The Morgan fingerprint density at radius 1 is 0.893 bits per heavy atom. The number of nitrogens with zero attached hydrogens (tertiary/aromatic N) is 4. The highest BCUT2D eigenvalue weighted by Crippen LogP contribution is 2.38. The molecule has 3 aromatic rings. The lowest BCUT2D eigenvalue weighted by Crippen LogP contribution is -2.43. The summed E-state index contributed by atoms with van der Waals surface area (Å²) < 4.78 is 44.2. The van der Waals surface area contributed by atoms with Crippen LogP contribution in [0.15, 0.2) is 39.9 Å². The third kappa shape index (κ3) is 3.10. The first-order valence-electron chi connectivity index (χ1n) is 8.75. The molecule has 0 radical (unpaired) electrons. The molecule has 148 valence electrons. The number of rotatable bonds is 3. The Morgan fingerprint density at radius 3 is 1.96 bits per heavy atom. The second-order valence-corrected chi connectivity index (χ2v) is 7.00. The lowest BCUT2D eigenvalue weighted by Gasteiger charge is -2.20. The Hall–Kier alpha value is -2.97. The molecule has 9 heteroatoms. The van der Waals surface area contributed by atoms with E-state index in [2.05, 4.69) is 10.2 Å². The monoisotopic (exact) mass is 392 g/mol. The van der Waals surface area contributed by atoms with Crippen molar-refractivity contribution in [3.05, 3.63) is 56.7 Å². The van der Waals surface area contributed by atoms with Crippen molar-refractivity contribution in [2.75, 3.05) is 0 Å². The zero-order chi connectivity index (χ0) is 20.8. The van der Waals surface area contributed by atoms with Crippen LogP contribution in [-0.4, -0.2) is 19.3 Å². The van der Waals surface area contributed by atoms with Gasteiger partial charge in [0.1, 0.15) is 11.3 Å². The maximum Gasteiger partial charge on any atom is 0.419 e. The van der Waals surface area contributed by atoms with Crippen molar-refractivity contribution in [1.82, 2.24) is 19.3 Å². The number of aromatic nitrogens is 4. The fourth-order valence-electron chi connectivity index (χ4n) is 3.21. The first kappa shape index (κ1) is 19.8. The number of halogens is 3. The molecule has 0 unspecified atom stereocenters. The van der Waals surface area contributed by atoms with Gasteiger partial charge in [-0.05, 0) is 27.7 Å². The minimum absolute atomic E-state index is 0.182. The van der Waals surface area contributed by atoms with Gasteiger partial charge in [-0.25, -0.2) is 4.79 Å². The molecule has 2 heterocycles. The van der Waals surface area contributed by atoms with Crippen LogP contribution in [0, 0.1) is 0 Å². The van der Waals surface area contributed by atoms with Gasteiger partial charge in [0.05, 0.1) is 5.39 Å². The molecule has 0 fully saturated rings. The summed E-state index contributed by atoms with van der Waals surface area (Å²) in [6, 6.07) is 6.59. The van der Waals surface area contributed by atoms with Gasteiger partial charge >= 0.3 is 11.9 Å². The van der Waals surface area contributed by atoms with E-state index in [-0.39, 0.29) is 11.2 Å². The summed E-state index contributed by atoms with van der Waals surface area (Å²) in [7, 11) is 0. The molecule has 0 spiro atoms. The molecular weight excluding hydrogens is 373 g/mol. The summed E-state index contributed by atoms with van der Waals surface area (Å²) in [6.07, 6.45) is -4.87. The molecular formula is C19H19F3N4O2. The average molecular weight is 392 g/mol. The van der Waals surface area contributed by atoms with Crippen molar-refractivity contribution in [3.8, 4) is 11.3 Å². The molecule has 6 nitrogen and oxygen atoms in total. The van der Waals surface area contributed by atoms with Crippen molar-refractivity contribution in [2.45, 2.75) is 46.0 Å². The second kappa shape index (κ2) is 6.88. The van der Waals surface area contributed by atoms with Crippen LogP contribution in [0.3, 0.4) is 0 Å². The molecule has 1 aromatic carbocycles. The third-order valence-electron chi connectivity index (χ3n) is 4.39. The van der Waals surface area contributed by atoms with Crippen molar-refractivity contribution in [3.63, 3.8) is 0 Å². The zero-order valence-corrected chi connectivity index (χ0v) is 15.8. The van der Waals surface area contributed by atoms with Gasteiger partial charge in [0.2, 0.25) is 0 Å². The number of hydrogen-bond acceptors (Lipinski definition) is 4. The summed E-state index contributed by atoms with van der Waals surface area (Å²) in [5.41, 5.74) is -3.54. The average Bonchev–Trinajstić information content (AvgIpc) is 2.60. The standard InChI is InChI=1S/C19H19F3N4O2/c1-10(2)25-16-13(17(27)26(11(3)4)18(25)28)14(19(20,21)22)15(23-24-16)12-8-6-5-7-9-12/h5-11H,1-4H3. The van der Waals surface area contributed by atoms with Crippen molar-refractivity contribution >= 4 is 11.0 Å². The van der Waals surface area contributed by atoms with E-state index in [4.69, 9.17) is 0 Å². The Labute approximate surface area is 158 Å². The van der Waals surface area contributed by atoms with Crippen molar-refractivity contribution in [2.24, 2.45) is 0 Å². The lowest BCUT2D eigenvalue weighted by molar-refractivity contribution is -0.136. The van der Waals surface area contributed by atoms with Gasteiger partial charge in [0.15, 0.2) is 5.65 Å². The number of fused-ring (bicyclic) bond motifs is 1. The molecule has 0 saturated carbocycles. The Bertz CT molecular complexity index is 1150. The van der Waals surface area contributed by atoms with Crippen LogP contribution in [0.5, 0.6) is 0 Å². The maximum atomic E-state index is 14.1. The van der Waals surface area contributed by atoms with Gasteiger partial charge < -0.3 is 0 Å². The summed E-state index contributed by atoms with van der Waals surface area (Å²) in [6.45, 7) is 6.41. The van der Waals surface area contributed by atoms with Crippen LogP contribution >= 0.6 is 0 Å². The smallest absolute Gasteiger partial charge is 0.273 e. The quantitative estimate of drug-likeness (QED) is 0.680. The van der Waals surface area contributed by atoms with Crippen molar-refractivity contribution in [1.29, 1.82) is 0 Å². The third-order valence-corrected chi connectivity index (χ3v) is 4.39. The fourth-order valence-corrected chi connectivity index (χ4v) is 3.21. The maximum absolute atomic E-state index is 14.1. The molecule has 0 amide bonds. The topological polar surface area (TPSA) is 69.8 Å². The first-order chi connectivity index (χ1) is 13.1. The van der Waals surface area contributed by atoms with E-state index in [1.165, 1.54) is 12.1 Å². The van der Waals surface area contributed by atoms with Gasteiger partial charge in [0.25, 0.3) is 5.56 Å². The first-order valence-corrected chi connectivity index (χ1v) is 8.75. The SMILES string of the molecule is CC(C)n1c(=O)c2c(C(F)(F)F)c(-c3ccccc3)nnc2n(C(C)C)c1=O. The minimum atomic E-state index is -4.87. The highest BCUT2D eigenvalue weighted by molar-refractivity contribution is 5.84. The molecule has 0 atom stereocenters. The molecule has 0 aliphatic heterocycles. The molecule has 3 rings (SSSR count). The number of benzene rings is 1. The van der Waals surface area contributed by atoms with Gasteiger partial charge in [0, 0.05) is 17.6 Å². The highest BCUT2D eigenvalue weighted by Gasteiger charge is 2.40. The zero-order valence-electron chi connectivity index (χ0n) is 15.8. The van der Waals surface area contributed by atoms with Crippen LogP contribution in [0.4, 0.5) is 13.2 Å². The second-order valence-electron chi connectivity index (χ2n) is 7.00. The Morgan fingerprint density at radius 2 is 1.46 bits per heavy atom. The molecule has 28 heavy (non-hydrogen) atoms. The van der Waals surface area contributed by atoms with E-state index in [9.17, 15) is 22.8 Å². The summed E-state index contributed by atoms with van der Waals surface area (Å²) in [5, 5.41) is 6.99. The summed E-state index contributed by atoms with van der Waals surface area (Å²) in [4.78, 5) is 25.8. The van der Waals surface area contributed by atoms with Crippen LogP contribution in [0.25, 0.3) is 22.3 Å². The normalized spacial score (nSPS) is 12.3. The van der Waals surface area contributed by atoms with E-state index < -0.39 is 46.2 Å². The van der Waals surface area contributed by atoms with E-state index in [0.717, 1.165) is 9.13 Å². The predicted molar refractivity (Wildman–Crippen MR) is 99.3 cm³/mol. The van der Waals surface area contributed by atoms with Crippen LogP contribution in [0.2, 0.25) is 0 Å². The van der Waals surface area contributed by atoms with Crippen LogP contribution in [-0.2, 0) is 6.18 Å². The molecule has 0 aliphatic carbocycles. The molecule has 0 N–H and O–H groups in total. The number of hydrogen-bond donors (Lipinski definition) is 0. The summed E-state index contributed by atoms with van der Waals surface area (Å²) >= 11 is 0.